The van der Waals surface area contributed by atoms with Crippen molar-refractivity contribution in [2.24, 2.45) is 11.8 Å². The van der Waals surface area contributed by atoms with Gasteiger partial charge in [0.15, 0.2) is 0 Å². The zero-order chi connectivity index (χ0) is 15.0. The molecule has 0 aliphatic heterocycles. The van der Waals surface area contributed by atoms with Crippen LogP contribution in [0.3, 0.4) is 0 Å². The Bertz CT molecular complexity index is 705. The minimum Gasteiger partial charge on any atom is -0.481 e. The molecule has 1 aliphatic rings. The average Bonchev–Trinajstić information content (AvgIpc) is 3.27. The van der Waals surface area contributed by atoms with Gasteiger partial charge in [-0.2, -0.15) is 0 Å². The molecule has 0 aromatic heterocycles. The van der Waals surface area contributed by atoms with Gasteiger partial charge in [0.1, 0.15) is 0 Å². The quantitative estimate of drug-likeness (QED) is 0.906. The third-order valence-electron chi connectivity index (χ3n) is 4.09. The van der Waals surface area contributed by atoms with E-state index in [4.69, 9.17) is 5.11 Å². The highest BCUT2D eigenvalue weighted by molar-refractivity contribution is 5.90. The highest BCUT2D eigenvalue weighted by Gasteiger charge is 2.48. The van der Waals surface area contributed by atoms with E-state index in [1.807, 2.05) is 49.4 Å². The molecule has 1 saturated carbocycles. The number of carbonyl (C=O) groups excluding carboxylic acids is 1. The molecule has 1 fully saturated rings. The molecule has 2 aromatic rings. The molecule has 0 bridgehead atoms. The van der Waals surface area contributed by atoms with Crippen molar-refractivity contribution in [3.63, 3.8) is 0 Å². The molecule has 3 atom stereocenters. The molecule has 1 amide bonds. The van der Waals surface area contributed by atoms with Gasteiger partial charge in [-0.05, 0) is 29.7 Å². The number of carbonyl (C=O) groups is 2. The summed E-state index contributed by atoms with van der Waals surface area (Å²) in [7, 11) is 0. The second-order valence-electron chi connectivity index (χ2n) is 5.59. The van der Waals surface area contributed by atoms with Crippen LogP contribution in [0.1, 0.15) is 24.9 Å². The summed E-state index contributed by atoms with van der Waals surface area (Å²) in [5, 5.41) is 14.1. The summed E-state index contributed by atoms with van der Waals surface area (Å²) in [5.74, 6) is -1.93. The molecular weight excluding hydrogens is 266 g/mol. The summed E-state index contributed by atoms with van der Waals surface area (Å²) in [6.07, 6.45) is 0.448. The lowest BCUT2D eigenvalue weighted by Crippen LogP contribution is -2.29. The second-order valence-corrected chi connectivity index (χ2v) is 5.59. The molecule has 4 heteroatoms. The molecule has 0 saturated heterocycles. The highest BCUT2D eigenvalue weighted by Crippen LogP contribution is 2.39. The third-order valence-corrected chi connectivity index (χ3v) is 4.09. The molecule has 108 valence electrons. The van der Waals surface area contributed by atoms with Crippen LogP contribution in [-0.2, 0) is 9.59 Å². The van der Waals surface area contributed by atoms with Crippen LogP contribution in [0, 0.1) is 11.8 Å². The van der Waals surface area contributed by atoms with Crippen molar-refractivity contribution in [3.05, 3.63) is 48.0 Å². The first-order chi connectivity index (χ1) is 10.1. The lowest BCUT2D eigenvalue weighted by Gasteiger charge is -2.16. The maximum absolute atomic E-state index is 12.1. The van der Waals surface area contributed by atoms with E-state index < -0.39 is 11.9 Å². The number of amides is 1. The second kappa shape index (κ2) is 5.20. The van der Waals surface area contributed by atoms with E-state index in [1.165, 1.54) is 0 Å². The Kier molecular flexibility index (Phi) is 3.37. The maximum Gasteiger partial charge on any atom is 0.307 e. The van der Waals surface area contributed by atoms with Gasteiger partial charge in [-0.15, -0.1) is 0 Å². The number of rotatable bonds is 4. The number of benzene rings is 2. The summed E-state index contributed by atoms with van der Waals surface area (Å²) in [4.78, 5) is 22.9. The van der Waals surface area contributed by atoms with E-state index >= 15 is 0 Å². The molecule has 2 aromatic carbocycles. The van der Waals surface area contributed by atoms with Gasteiger partial charge in [0.05, 0.1) is 17.9 Å². The lowest BCUT2D eigenvalue weighted by atomic mass is 9.99. The van der Waals surface area contributed by atoms with Crippen LogP contribution < -0.4 is 5.32 Å². The first-order valence-corrected chi connectivity index (χ1v) is 7.09. The summed E-state index contributed by atoms with van der Waals surface area (Å²) in [6, 6.07) is 13.9. The molecule has 21 heavy (non-hydrogen) atoms. The van der Waals surface area contributed by atoms with Crippen LogP contribution in [0.5, 0.6) is 0 Å². The van der Waals surface area contributed by atoms with E-state index in [0.29, 0.717) is 6.42 Å². The lowest BCUT2D eigenvalue weighted by molar-refractivity contribution is -0.140. The van der Waals surface area contributed by atoms with Crippen molar-refractivity contribution in [3.8, 4) is 0 Å². The molecule has 0 radical (unpaired) electrons. The van der Waals surface area contributed by atoms with Gasteiger partial charge in [-0.25, -0.2) is 0 Å². The van der Waals surface area contributed by atoms with Gasteiger partial charge >= 0.3 is 5.97 Å². The van der Waals surface area contributed by atoms with Gasteiger partial charge in [-0.1, -0.05) is 42.5 Å². The van der Waals surface area contributed by atoms with Crippen molar-refractivity contribution in [2.75, 3.05) is 0 Å². The van der Waals surface area contributed by atoms with E-state index in [0.717, 1.165) is 16.3 Å². The van der Waals surface area contributed by atoms with Gasteiger partial charge in [-0.3, -0.25) is 9.59 Å². The smallest absolute Gasteiger partial charge is 0.307 e. The standard InChI is InChI=1S/C17H17NO3/c1-10(18-16(19)14-9-15(14)17(20)21)12-8-4-6-11-5-2-3-7-13(11)12/h2-8,10,14-15H,9H2,1H3,(H,18,19)(H,20,21)/t10?,14-,15+/m1/s1. The van der Waals surface area contributed by atoms with Gasteiger partial charge < -0.3 is 10.4 Å². The molecule has 1 aliphatic carbocycles. The fraction of sp³-hybridized carbons (Fsp3) is 0.294. The first kappa shape index (κ1) is 13.6. The Morgan fingerprint density at radius 2 is 1.86 bits per heavy atom. The number of carboxylic acids is 1. The monoisotopic (exact) mass is 283 g/mol. The molecule has 3 rings (SSSR count). The van der Waals surface area contributed by atoms with Gasteiger partial charge in [0.2, 0.25) is 5.91 Å². The zero-order valence-corrected chi connectivity index (χ0v) is 11.7. The van der Waals surface area contributed by atoms with Crippen LogP contribution in [0.15, 0.2) is 42.5 Å². The molecule has 1 unspecified atom stereocenters. The fourth-order valence-electron chi connectivity index (χ4n) is 2.78. The van der Waals surface area contributed by atoms with Crippen LogP contribution >= 0.6 is 0 Å². The normalized spacial score (nSPS) is 21.8. The summed E-state index contributed by atoms with van der Waals surface area (Å²) >= 11 is 0. The predicted octanol–water partition coefficient (Wildman–Crippen LogP) is 2.74. The Hall–Kier alpha value is -2.36. The molecule has 0 heterocycles. The predicted molar refractivity (Wildman–Crippen MR) is 79.7 cm³/mol. The summed E-state index contributed by atoms with van der Waals surface area (Å²) in [6.45, 7) is 1.93. The van der Waals surface area contributed by atoms with Crippen molar-refractivity contribution < 1.29 is 14.7 Å². The Labute approximate surface area is 122 Å². The topological polar surface area (TPSA) is 66.4 Å². The van der Waals surface area contributed by atoms with Gasteiger partial charge in [0.25, 0.3) is 0 Å². The van der Waals surface area contributed by atoms with Crippen LogP contribution in [0.4, 0.5) is 0 Å². The third kappa shape index (κ3) is 2.61. The Morgan fingerprint density at radius 1 is 1.14 bits per heavy atom. The molecule has 4 nitrogen and oxygen atoms in total. The van der Waals surface area contributed by atoms with E-state index in [2.05, 4.69) is 5.32 Å². The Balaban J connectivity index is 1.77. The number of aliphatic carboxylic acids is 1. The summed E-state index contributed by atoms with van der Waals surface area (Å²) < 4.78 is 0. The van der Waals surface area contributed by atoms with E-state index in [-0.39, 0.29) is 17.9 Å². The highest BCUT2D eigenvalue weighted by atomic mass is 16.4. The van der Waals surface area contributed by atoms with Crippen LogP contribution in [0.25, 0.3) is 10.8 Å². The number of nitrogens with one attached hydrogen (secondary N) is 1. The Morgan fingerprint density at radius 3 is 2.57 bits per heavy atom. The van der Waals surface area contributed by atoms with Crippen molar-refractivity contribution in [1.29, 1.82) is 0 Å². The van der Waals surface area contributed by atoms with Gasteiger partial charge in [0, 0.05) is 0 Å². The largest absolute Gasteiger partial charge is 0.481 e. The van der Waals surface area contributed by atoms with Crippen molar-refractivity contribution in [2.45, 2.75) is 19.4 Å². The molecule has 2 N–H and O–H groups in total. The minimum absolute atomic E-state index is 0.140. The number of hydrogen-bond donors (Lipinski definition) is 2. The molecular formula is C17H17NO3. The first-order valence-electron chi connectivity index (χ1n) is 7.09. The van der Waals surface area contributed by atoms with E-state index in [1.54, 1.807) is 0 Å². The number of hydrogen-bond acceptors (Lipinski definition) is 2. The van der Waals surface area contributed by atoms with E-state index in [9.17, 15) is 9.59 Å². The van der Waals surface area contributed by atoms with Crippen LogP contribution in [0.2, 0.25) is 0 Å². The minimum atomic E-state index is -0.882. The SMILES string of the molecule is CC(NC(=O)[C@@H]1C[C@@H]1C(=O)O)c1cccc2ccccc12. The maximum atomic E-state index is 12.1. The summed E-state index contributed by atoms with van der Waals surface area (Å²) in [5.41, 5.74) is 1.05. The van der Waals surface area contributed by atoms with Crippen LogP contribution in [-0.4, -0.2) is 17.0 Å². The van der Waals surface area contributed by atoms with Crippen molar-refractivity contribution >= 4 is 22.6 Å². The molecule has 0 spiro atoms. The number of carboxylic acid groups (broad SMARTS) is 1. The number of fused-ring (bicyclic) bond motifs is 1. The average molecular weight is 283 g/mol. The zero-order valence-electron chi connectivity index (χ0n) is 11.7. The van der Waals surface area contributed by atoms with Crippen molar-refractivity contribution in [1.82, 2.24) is 5.32 Å². The fourth-order valence-corrected chi connectivity index (χ4v) is 2.78.